The lowest BCUT2D eigenvalue weighted by atomic mass is 10.0. The van der Waals surface area contributed by atoms with Gasteiger partial charge in [0, 0.05) is 22.2 Å². The van der Waals surface area contributed by atoms with Crippen LogP contribution in [-0.2, 0) is 4.79 Å². The molecule has 0 bridgehead atoms. The Hall–Kier alpha value is -4.30. The second-order valence-corrected chi connectivity index (χ2v) is 6.84. The normalized spacial score (nSPS) is 12.2. The molecule has 0 saturated heterocycles. The molecule has 0 aliphatic rings. The van der Waals surface area contributed by atoms with Gasteiger partial charge in [0.05, 0.1) is 17.5 Å². The van der Waals surface area contributed by atoms with Crippen LogP contribution in [0.5, 0.6) is 0 Å². The molecule has 1 aromatic heterocycles. The number of anilines is 1. The van der Waals surface area contributed by atoms with Gasteiger partial charge in [-0.05, 0) is 35.9 Å². The molecule has 8 nitrogen and oxygen atoms in total. The number of aromatic nitrogens is 2. The first-order chi connectivity index (χ1) is 15.1. The number of carbonyl (C=O) groups excluding carboxylic acids is 1. The number of nitrogens with two attached hydrogens (primary N) is 1. The van der Waals surface area contributed by atoms with Crippen molar-refractivity contribution in [2.24, 2.45) is 10.7 Å². The summed E-state index contributed by atoms with van der Waals surface area (Å²) in [4.78, 5) is 16.3. The van der Waals surface area contributed by atoms with Gasteiger partial charge in [0.1, 0.15) is 0 Å². The van der Waals surface area contributed by atoms with Crippen molar-refractivity contribution in [3.05, 3.63) is 83.9 Å². The first kappa shape index (κ1) is 20.0. The van der Waals surface area contributed by atoms with Crippen molar-refractivity contribution in [2.75, 3.05) is 5.32 Å². The van der Waals surface area contributed by atoms with Crippen LogP contribution in [0.15, 0.2) is 77.8 Å². The number of hydrogen-bond acceptors (Lipinski definition) is 4. The lowest BCUT2D eigenvalue weighted by Gasteiger charge is -2.12. The summed E-state index contributed by atoms with van der Waals surface area (Å²) in [5.74, 6) is -0.474. The molecule has 1 heterocycles. The number of nitrogens with one attached hydrogen (secondary N) is 3. The van der Waals surface area contributed by atoms with Crippen molar-refractivity contribution in [3.63, 3.8) is 0 Å². The summed E-state index contributed by atoms with van der Waals surface area (Å²) >= 11 is 0. The Kier molecular flexibility index (Phi) is 5.55. The maximum absolute atomic E-state index is 12.5. The van der Waals surface area contributed by atoms with Crippen molar-refractivity contribution in [1.82, 2.24) is 10.2 Å². The Labute approximate surface area is 178 Å². The van der Waals surface area contributed by atoms with E-state index >= 15 is 0 Å². The van der Waals surface area contributed by atoms with Gasteiger partial charge >= 0.3 is 0 Å². The highest BCUT2D eigenvalue weighted by atomic mass is 16.3. The Morgan fingerprint density at radius 1 is 1.13 bits per heavy atom. The fourth-order valence-corrected chi connectivity index (χ4v) is 3.27. The van der Waals surface area contributed by atoms with Gasteiger partial charge in [-0.2, -0.15) is 5.10 Å². The predicted octanol–water partition coefficient (Wildman–Crippen LogP) is 3.21. The van der Waals surface area contributed by atoms with Gasteiger partial charge in [-0.15, -0.1) is 0 Å². The molecule has 1 unspecified atom stereocenters. The van der Waals surface area contributed by atoms with E-state index in [-0.39, 0.29) is 5.84 Å². The number of hydrogen-bond donors (Lipinski definition) is 5. The summed E-state index contributed by atoms with van der Waals surface area (Å²) < 4.78 is 0. The van der Waals surface area contributed by atoms with Crippen LogP contribution in [0.3, 0.4) is 0 Å². The Bertz CT molecular complexity index is 1280. The van der Waals surface area contributed by atoms with Crippen LogP contribution >= 0.6 is 0 Å². The Morgan fingerprint density at radius 3 is 2.71 bits per heavy atom. The summed E-state index contributed by atoms with van der Waals surface area (Å²) in [5, 5.41) is 29.2. The minimum absolute atomic E-state index is 0.0486. The van der Waals surface area contributed by atoms with Gasteiger partial charge in [0.15, 0.2) is 11.9 Å². The van der Waals surface area contributed by atoms with E-state index < -0.39 is 12.0 Å². The van der Waals surface area contributed by atoms with Gasteiger partial charge < -0.3 is 16.2 Å². The van der Waals surface area contributed by atoms with Gasteiger partial charge in [-0.25, -0.2) is 4.99 Å². The van der Waals surface area contributed by atoms with Gasteiger partial charge in [0.2, 0.25) is 0 Å². The second-order valence-electron chi connectivity index (χ2n) is 6.84. The zero-order valence-electron chi connectivity index (χ0n) is 16.4. The smallest absolute Gasteiger partial charge is 0.257 e. The molecule has 6 N–H and O–H groups in total. The quantitative estimate of drug-likeness (QED) is 0.253. The molecule has 0 aliphatic carbocycles. The highest BCUT2D eigenvalue weighted by Gasteiger charge is 2.18. The van der Waals surface area contributed by atoms with Crippen LogP contribution in [0, 0.1) is 5.41 Å². The number of aliphatic hydroxyl groups is 1. The molecule has 0 radical (unpaired) electrons. The summed E-state index contributed by atoms with van der Waals surface area (Å²) in [6.45, 7) is 0. The molecule has 0 saturated carbocycles. The van der Waals surface area contributed by atoms with Crippen LogP contribution in [-0.4, -0.2) is 33.4 Å². The summed E-state index contributed by atoms with van der Waals surface area (Å²) in [5.41, 5.74) is 9.18. The van der Waals surface area contributed by atoms with Crippen LogP contribution in [0.2, 0.25) is 0 Å². The number of aliphatic hydroxyl groups excluding tert-OH is 1. The third-order valence-corrected chi connectivity index (χ3v) is 4.81. The molecular formula is C23H20N6O2. The van der Waals surface area contributed by atoms with Crippen molar-refractivity contribution in [3.8, 4) is 11.3 Å². The predicted molar refractivity (Wildman–Crippen MR) is 121 cm³/mol. The molecule has 154 valence electrons. The molecule has 1 atom stereocenters. The third kappa shape index (κ3) is 4.19. The number of aliphatic imine (C=N–C) groups is 1. The number of rotatable bonds is 5. The molecule has 8 heteroatoms. The molecule has 4 aromatic rings. The average molecular weight is 412 g/mol. The second kappa shape index (κ2) is 8.60. The largest absolute Gasteiger partial charge is 0.390 e. The summed E-state index contributed by atoms with van der Waals surface area (Å²) in [7, 11) is 0. The molecule has 0 spiro atoms. The monoisotopic (exact) mass is 412 g/mol. The number of carbonyl (C=O) groups is 1. The van der Waals surface area contributed by atoms with Crippen molar-refractivity contribution >= 4 is 34.7 Å². The van der Waals surface area contributed by atoms with E-state index in [1.807, 2.05) is 24.3 Å². The van der Waals surface area contributed by atoms with Crippen molar-refractivity contribution in [1.29, 1.82) is 5.41 Å². The highest BCUT2D eigenvalue weighted by Crippen LogP contribution is 2.29. The summed E-state index contributed by atoms with van der Waals surface area (Å²) in [6, 6.07) is 21.3. The fraction of sp³-hybridized carbons (Fsp3) is 0.0435. The maximum Gasteiger partial charge on any atom is 0.257 e. The van der Waals surface area contributed by atoms with E-state index in [0.29, 0.717) is 22.5 Å². The molecule has 4 rings (SSSR count). The minimum Gasteiger partial charge on any atom is -0.390 e. The molecule has 3 aromatic carbocycles. The zero-order valence-corrected chi connectivity index (χ0v) is 16.4. The number of H-pyrrole nitrogens is 1. The standard InChI is InChI=1S/C23H20N6O2/c24-13-26-22(25)16-9-10-19-18(12-16)20(29-28-19)15-7-4-8-17(11-15)27-23(31)21(30)14-5-2-1-3-6-14/h1-13,21,30H,(H,27,31)(H,28,29)(H3,24,25,26). The SMILES string of the molecule is N=C(N=CN)c1ccc2[nH]nc(-c3cccc(NC(=O)C(O)c4ccccc4)c3)c2c1. The first-order valence-electron chi connectivity index (χ1n) is 9.52. The lowest BCUT2D eigenvalue weighted by Crippen LogP contribution is -2.20. The van der Waals surface area contributed by atoms with E-state index in [0.717, 1.165) is 22.8 Å². The lowest BCUT2D eigenvalue weighted by molar-refractivity contribution is -0.124. The van der Waals surface area contributed by atoms with Crippen LogP contribution in [0.4, 0.5) is 5.69 Å². The number of fused-ring (bicyclic) bond motifs is 1. The Morgan fingerprint density at radius 2 is 1.94 bits per heavy atom. The topological polar surface area (TPSA) is 140 Å². The fourth-order valence-electron chi connectivity index (χ4n) is 3.27. The minimum atomic E-state index is -1.27. The average Bonchev–Trinajstić information content (AvgIpc) is 3.23. The van der Waals surface area contributed by atoms with E-state index in [1.54, 1.807) is 48.5 Å². The van der Waals surface area contributed by atoms with Gasteiger partial charge in [-0.1, -0.05) is 42.5 Å². The number of nitrogens with zero attached hydrogens (tertiary/aromatic N) is 2. The molecule has 31 heavy (non-hydrogen) atoms. The molecule has 0 aliphatic heterocycles. The number of amidine groups is 1. The Balaban J connectivity index is 1.62. The van der Waals surface area contributed by atoms with Crippen molar-refractivity contribution < 1.29 is 9.90 Å². The van der Waals surface area contributed by atoms with Crippen LogP contribution in [0.1, 0.15) is 17.2 Å². The van der Waals surface area contributed by atoms with Gasteiger partial charge in [0.25, 0.3) is 5.91 Å². The maximum atomic E-state index is 12.5. The van der Waals surface area contributed by atoms with Crippen LogP contribution in [0.25, 0.3) is 22.2 Å². The third-order valence-electron chi connectivity index (χ3n) is 4.81. The number of benzene rings is 3. The van der Waals surface area contributed by atoms with E-state index in [1.165, 1.54) is 0 Å². The molecule has 1 amide bonds. The van der Waals surface area contributed by atoms with E-state index in [2.05, 4.69) is 20.5 Å². The van der Waals surface area contributed by atoms with E-state index in [4.69, 9.17) is 11.1 Å². The van der Waals surface area contributed by atoms with Crippen molar-refractivity contribution in [2.45, 2.75) is 6.10 Å². The zero-order chi connectivity index (χ0) is 21.8. The van der Waals surface area contributed by atoms with E-state index in [9.17, 15) is 9.90 Å². The summed E-state index contributed by atoms with van der Waals surface area (Å²) in [6.07, 6.45) is -0.188. The van der Waals surface area contributed by atoms with Crippen LogP contribution < -0.4 is 11.1 Å². The first-order valence-corrected chi connectivity index (χ1v) is 9.52. The number of aromatic amines is 1. The number of amides is 1. The van der Waals surface area contributed by atoms with Gasteiger partial charge in [-0.3, -0.25) is 15.3 Å². The molecule has 0 fully saturated rings. The highest BCUT2D eigenvalue weighted by molar-refractivity contribution is 6.05. The molecular weight excluding hydrogens is 392 g/mol.